The van der Waals surface area contributed by atoms with Gasteiger partial charge < -0.3 is 10.2 Å². The first-order valence-electron chi connectivity index (χ1n) is 10.6. The molecule has 4 rings (SSSR count). The fraction of sp³-hybridized carbons (Fsp3) is 0.391. The quantitative estimate of drug-likeness (QED) is 0.753. The topological polar surface area (TPSA) is 78.8 Å². The van der Waals surface area contributed by atoms with Crippen LogP contribution in [-0.2, 0) is 10.0 Å². The van der Waals surface area contributed by atoms with Crippen molar-refractivity contribution in [3.63, 3.8) is 0 Å². The molecule has 6 nitrogen and oxygen atoms in total. The first-order chi connectivity index (χ1) is 14.4. The molecular weight excluding hydrogens is 398 g/mol. The van der Waals surface area contributed by atoms with Crippen LogP contribution in [0, 0.1) is 0 Å². The molecule has 7 heteroatoms. The second-order valence-corrected chi connectivity index (χ2v) is 9.55. The zero-order chi connectivity index (χ0) is 21.3. The summed E-state index contributed by atoms with van der Waals surface area (Å²) in [4.78, 5) is 15.1. The number of hydrogen-bond acceptors (Lipinski definition) is 4. The lowest BCUT2D eigenvalue weighted by Gasteiger charge is -2.29. The van der Waals surface area contributed by atoms with Crippen molar-refractivity contribution in [3.8, 4) is 0 Å². The van der Waals surface area contributed by atoms with Gasteiger partial charge in [0.15, 0.2) is 0 Å². The Labute approximate surface area is 178 Å². The number of para-hydroxylation sites is 1. The minimum absolute atomic E-state index is 0.107. The van der Waals surface area contributed by atoms with Crippen molar-refractivity contribution in [1.29, 1.82) is 0 Å². The van der Waals surface area contributed by atoms with Gasteiger partial charge in [0.25, 0.3) is 15.9 Å². The fourth-order valence-corrected chi connectivity index (χ4v) is 5.36. The van der Waals surface area contributed by atoms with E-state index in [4.69, 9.17) is 0 Å². The van der Waals surface area contributed by atoms with Gasteiger partial charge in [0.2, 0.25) is 0 Å². The van der Waals surface area contributed by atoms with Crippen molar-refractivity contribution in [2.75, 3.05) is 16.8 Å². The summed E-state index contributed by atoms with van der Waals surface area (Å²) in [5.41, 5.74) is 2.76. The highest BCUT2D eigenvalue weighted by atomic mass is 32.2. The Bertz CT molecular complexity index is 1110. The molecule has 0 aromatic heterocycles. The van der Waals surface area contributed by atoms with E-state index in [0.717, 1.165) is 43.5 Å². The van der Waals surface area contributed by atoms with Gasteiger partial charge in [-0.25, -0.2) is 0 Å². The second kappa shape index (κ2) is 8.22. The Morgan fingerprint density at radius 3 is 2.77 bits per heavy atom. The number of sulfonamides is 1. The van der Waals surface area contributed by atoms with E-state index in [1.165, 1.54) is 6.07 Å². The third-order valence-electron chi connectivity index (χ3n) is 5.96. The molecule has 1 N–H and O–H groups in total. The summed E-state index contributed by atoms with van der Waals surface area (Å²) in [7, 11) is -3.82. The highest BCUT2D eigenvalue weighted by Crippen LogP contribution is 2.35. The monoisotopic (exact) mass is 425 g/mol. The zero-order valence-electron chi connectivity index (χ0n) is 17.4. The maximum Gasteiger partial charge on any atom is 0.286 e. The third kappa shape index (κ3) is 3.86. The molecule has 0 saturated carbocycles. The summed E-state index contributed by atoms with van der Waals surface area (Å²) in [6.07, 6.45) is 4.61. The molecule has 2 aromatic carbocycles. The van der Waals surface area contributed by atoms with Gasteiger partial charge in [-0.2, -0.15) is 8.42 Å². The number of fused-ring (bicyclic) bond motifs is 3. The van der Waals surface area contributed by atoms with Crippen LogP contribution < -0.4 is 10.2 Å². The Hall–Kier alpha value is -2.67. The van der Waals surface area contributed by atoms with E-state index in [-0.39, 0.29) is 10.8 Å². The summed E-state index contributed by atoms with van der Waals surface area (Å²) < 4.78 is 29.7. The number of amides is 1. The smallest absolute Gasteiger partial charge is 0.286 e. The summed E-state index contributed by atoms with van der Waals surface area (Å²) in [5, 5.41) is 2.96. The molecule has 0 spiro atoms. The maximum atomic E-state index is 13.0. The predicted molar refractivity (Wildman–Crippen MR) is 120 cm³/mol. The van der Waals surface area contributed by atoms with E-state index in [1.807, 2.05) is 29.2 Å². The number of benzene rings is 2. The maximum absolute atomic E-state index is 13.0. The molecule has 30 heavy (non-hydrogen) atoms. The van der Waals surface area contributed by atoms with E-state index < -0.39 is 10.0 Å². The lowest BCUT2D eigenvalue weighted by molar-refractivity contribution is 0.102. The number of carbonyl (C=O) groups is 1. The van der Waals surface area contributed by atoms with Gasteiger partial charge in [0.05, 0.1) is 5.69 Å². The number of nitrogens with zero attached hydrogens (tertiary/aromatic N) is 2. The molecule has 0 radical (unpaired) electrons. The number of anilines is 2. The summed E-state index contributed by atoms with van der Waals surface area (Å²) in [6, 6.07) is 12.6. The molecule has 2 aromatic rings. The number of hydrogen-bond donors (Lipinski definition) is 1. The van der Waals surface area contributed by atoms with E-state index >= 15 is 0 Å². The lowest BCUT2D eigenvalue weighted by atomic mass is 9.97. The van der Waals surface area contributed by atoms with Gasteiger partial charge in [0, 0.05) is 24.2 Å². The van der Waals surface area contributed by atoms with Gasteiger partial charge in [-0.3, -0.25) is 4.79 Å². The van der Waals surface area contributed by atoms with Crippen LogP contribution >= 0.6 is 0 Å². The molecule has 0 unspecified atom stereocenters. The zero-order valence-corrected chi connectivity index (χ0v) is 18.2. The molecule has 1 atom stereocenters. The molecular formula is C23H27N3O3S. The number of rotatable bonds is 4. The molecule has 0 bridgehead atoms. The SMILES string of the molecule is CC[C@H](C)c1ccccc1NC(=O)c1ccc2c(c1)S(=O)(=O)N=C1CCCCCN12. The summed E-state index contributed by atoms with van der Waals surface area (Å²) >= 11 is 0. The van der Waals surface area contributed by atoms with Crippen LogP contribution in [0.5, 0.6) is 0 Å². The van der Waals surface area contributed by atoms with Gasteiger partial charge in [-0.15, -0.1) is 4.40 Å². The van der Waals surface area contributed by atoms with Crippen LogP contribution in [0.2, 0.25) is 0 Å². The summed E-state index contributed by atoms with van der Waals surface area (Å²) in [6.45, 7) is 4.97. The second-order valence-electron chi connectivity index (χ2n) is 7.98. The minimum atomic E-state index is -3.82. The van der Waals surface area contributed by atoms with Crippen LogP contribution in [0.1, 0.15) is 67.8 Å². The van der Waals surface area contributed by atoms with Crippen LogP contribution in [-0.4, -0.2) is 26.7 Å². The van der Waals surface area contributed by atoms with Crippen molar-refractivity contribution in [1.82, 2.24) is 0 Å². The van der Waals surface area contributed by atoms with Crippen molar-refractivity contribution < 1.29 is 13.2 Å². The van der Waals surface area contributed by atoms with Crippen LogP contribution in [0.3, 0.4) is 0 Å². The molecule has 0 aliphatic carbocycles. The van der Waals surface area contributed by atoms with E-state index in [0.29, 0.717) is 29.4 Å². The number of carbonyl (C=O) groups excluding carboxylic acids is 1. The first kappa shape index (κ1) is 20.6. The molecule has 158 valence electrons. The number of nitrogens with one attached hydrogen (secondary N) is 1. The van der Waals surface area contributed by atoms with E-state index in [2.05, 4.69) is 23.6 Å². The van der Waals surface area contributed by atoms with E-state index in [9.17, 15) is 13.2 Å². The average molecular weight is 426 g/mol. The highest BCUT2D eigenvalue weighted by Gasteiger charge is 2.32. The number of amidine groups is 1. The Balaban J connectivity index is 1.67. The minimum Gasteiger partial charge on any atom is -0.328 e. The normalized spacial score (nSPS) is 18.5. The first-order valence-corrected chi connectivity index (χ1v) is 12.0. The standard InChI is InChI=1S/C23H27N3O3S/c1-3-16(2)18-9-6-7-10-19(18)24-23(27)17-12-13-20-21(15-17)30(28,29)25-22-11-5-4-8-14-26(20)22/h6-7,9-10,12-13,15-16H,3-5,8,11,14H2,1-2H3,(H,24,27)/t16-/m0/s1. The van der Waals surface area contributed by atoms with Crippen molar-refractivity contribution in [2.24, 2.45) is 4.40 Å². The van der Waals surface area contributed by atoms with Crippen LogP contribution in [0.4, 0.5) is 11.4 Å². The molecule has 1 fully saturated rings. The van der Waals surface area contributed by atoms with Gasteiger partial charge in [-0.05, 0) is 55.0 Å². The van der Waals surface area contributed by atoms with Crippen molar-refractivity contribution in [2.45, 2.75) is 56.8 Å². The molecule has 2 aliphatic rings. The van der Waals surface area contributed by atoms with Crippen molar-refractivity contribution >= 4 is 33.1 Å². The van der Waals surface area contributed by atoms with Gasteiger partial charge in [0.1, 0.15) is 10.7 Å². The molecule has 2 heterocycles. The highest BCUT2D eigenvalue weighted by molar-refractivity contribution is 7.90. The molecule has 2 aliphatic heterocycles. The van der Waals surface area contributed by atoms with Crippen LogP contribution in [0.15, 0.2) is 51.8 Å². The Morgan fingerprint density at radius 2 is 1.97 bits per heavy atom. The van der Waals surface area contributed by atoms with Crippen molar-refractivity contribution in [3.05, 3.63) is 53.6 Å². The predicted octanol–water partition coefficient (Wildman–Crippen LogP) is 4.93. The largest absolute Gasteiger partial charge is 0.328 e. The Morgan fingerprint density at radius 1 is 1.17 bits per heavy atom. The third-order valence-corrected chi connectivity index (χ3v) is 7.30. The lowest BCUT2D eigenvalue weighted by Crippen LogP contribution is -2.35. The average Bonchev–Trinajstić information content (AvgIpc) is 2.98. The fourth-order valence-electron chi connectivity index (χ4n) is 4.08. The molecule has 1 amide bonds. The summed E-state index contributed by atoms with van der Waals surface area (Å²) in [5.74, 6) is 0.593. The Kier molecular flexibility index (Phi) is 5.64. The van der Waals surface area contributed by atoms with E-state index in [1.54, 1.807) is 12.1 Å². The van der Waals surface area contributed by atoms with Crippen LogP contribution in [0.25, 0.3) is 0 Å². The van der Waals surface area contributed by atoms with Gasteiger partial charge >= 0.3 is 0 Å². The molecule has 1 saturated heterocycles. The van der Waals surface area contributed by atoms with Gasteiger partial charge in [-0.1, -0.05) is 38.5 Å².